The van der Waals surface area contributed by atoms with E-state index in [1.165, 1.54) is 6.92 Å². The van der Waals surface area contributed by atoms with E-state index in [0.29, 0.717) is 30.3 Å². The number of rotatable bonds is 6. The second-order valence-corrected chi connectivity index (χ2v) is 6.14. The fourth-order valence-corrected chi connectivity index (χ4v) is 2.57. The SMILES string of the molecule is CC(=O)NCCNc1cc(C)nc(NC(=O)Nc2ccc3cnccc3c2)n1. The second kappa shape index (κ2) is 8.76. The molecule has 0 saturated heterocycles. The molecule has 0 bridgehead atoms. The van der Waals surface area contributed by atoms with Crippen molar-refractivity contribution >= 4 is 40.2 Å². The zero-order valence-corrected chi connectivity index (χ0v) is 15.6. The Morgan fingerprint density at radius 3 is 2.68 bits per heavy atom. The maximum atomic E-state index is 12.3. The molecule has 144 valence electrons. The van der Waals surface area contributed by atoms with Crippen LogP contribution in [0.2, 0.25) is 0 Å². The molecule has 3 amide bonds. The first-order valence-electron chi connectivity index (χ1n) is 8.75. The first-order valence-corrected chi connectivity index (χ1v) is 8.75. The topological polar surface area (TPSA) is 121 Å². The highest BCUT2D eigenvalue weighted by Gasteiger charge is 2.08. The Morgan fingerprint density at radius 1 is 1.00 bits per heavy atom. The van der Waals surface area contributed by atoms with Crippen LogP contribution in [0, 0.1) is 6.92 Å². The number of nitrogens with zero attached hydrogens (tertiary/aromatic N) is 3. The van der Waals surface area contributed by atoms with Crippen molar-refractivity contribution < 1.29 is 9.59 Å². The summed E-state index contributed by atoms with van der Waals surface area (Å²) >= 11 is 0. The van der Waals surface area contributed by atoms with Crippen LogP contribution in [-0.2, 0) is 4.79 Å². The van der Waals surface area contributed by atoms with E-state index in [2.05, 4.69) is 36.2 Å². The highest BCUT2D eigenvalue weighted by Crippen LogP contribution is 2.18. The summed E-state index contributed by atoms with van der Waals surface area (Å²) in [4.78, 5) is 35.7. The maximum Gasteiger partial charge on any atom is 0.326 e. The van der Waals surface area contributed by atoms with Crippen molar-refractivity contribution in [1.29, 1.82) is 0 Å². The fraction of sp³-hybridized carbons (Fsp3) is 0.211. The molecule has 9 heteroatoms. The van der Waals surface area contributed by atoms with Crippen LogP contribution in [0.3, 0.4) is 0 Å². The van der Waals surface area contributed by atoms with E-state index in [-0.39, 0.29) is 11.9 Å². The minimum Gasteiger partial charge on any atom is -0.368 e. The quantitative estimate of drug-likeness (QED) is 0.488. The molecule has 28 heavy (non-hydrogen) atoms. The average Bonchev–Trinajstić information content (AvgIpc) is 2.64. The Hall–Kier alpha value is -3.75. The predicted octanol–water partition coefficient (Wildman–Crippen LogP) is 2.53. The summed E-state index contributed by atoms with van der Waals surface area (Å²) in [6.07, 6.45) is 3.47. The van der Waals surface area contributed by atoms with Gasteiger partial charge in [-0.2, -0.15) is 4.98 Å². The Kier molecular flexibility index (Phi) is 5.95. The van der Waals surface area contributed by atoms with Crippen LogP contribution in [-0.4, -0.2) is 40.0 Å². The highest BCUT2D eigenvalue weighted by molar-refractivity contribution is 6.00. The molecule has 2 heterocycles. The number of fused-ring (bicyclic) bond motifs is 1. The minimum absolute atomic E-state index is 0.0929. The summed E-state index contributed by atoms with van der Waals surface area (Å²) in [5, 5.41) is 13.1. The number of urea groups is 1. The summed E-state index contributed by atoms with van der Waals surface area (Å²) in [5.41, 5.74) is 1.35. The van der Waals surface area contributed by atoms with Gasteiger partial charge in [-0.05, 0) is 30.5 Å². The summed E-state index contributed by atoms with van der Waals surface area (Å²) < 4.78 is 0. The van der Waals surface area contributed by atoms with Crippen LogP contribution < -0.4 is 21.3 Å². The van der Waals surface area contributed by atoms with Crippen LogP contribution in [0.5, 0.6) is 0 Å². The monoisotopic (exact) mass is 379 g/mol. The molecule has 0 atom stereocenters. The van der Waals surface area contributed by atoms with Crippen molar-refractivity contribution in [3.63, 3.8) is 0 Å². The van der Waals surface area contributed by atoms with E-state index in [1.54, 1.807) is 31.5 Å². The number of hydrogen-bond donors (Lipinski definition) is 4. The molecular formula is C19H21N7O2. The average molecular weight is 379 g/mol. The minimum atomic E-state index is -0.441. The van der Waals surface area contributed by atoms with Gasteiger partial charge in [-0.25, -0.2) is 9.78 Å². The lowest BCUT2D eigenvalue weighted by atomic mass is 10.1. The molecule has 0 aliphatic carbocycles. The molecule has 0 radical (unpaired) electrons. The van der Waals surface area contributed by atoms with Gasteiger partial charge in [0.2, 0.25) is 11.9 Å². The second-order valence-electron chi connectivity index (χ2n) is 6.14. The Morgan fingerprint density at radius 2 is 1.86 bits per heavy atom. The number of aryl methyl sites for hydroxylation is 1. The molecule has 3 rings (SSSR count). The third kappa shape index (κ3) is 5.37. The lowest BCUT2D eigenvalue weighted by Gasteiger charge is -2.10. The number of carbonyl (C=O) groups is 2. The number of pyridine rings is 1. The van der Waals surface area contributed by atoms with Gasteiger partial charge in [0.1, 0.15) is 5.82 Å². The molecule has 0 aliphatic rings. The van der Waals surface area contributed by atoms with Gasteiger partial charge < -0.3 is 16.0 Å². The molecule has 0 spiro atoms. The van der Waals surface area contributed by atoms with Gasteiger partial charge in [-0.1, -0.05) is 6.07 Å². The lowest BCUT2D eigenvalue weighted by molar-refractivity contribution is -0.118. The van der Waals surface area contributed by atoms with Crippen molar-refractivity contribution in [3.05, 3.63) is 48.4 Å². The zero-order valence-electron chi connectivity index (χ0n) is 15.6. The number of aromatic nitrogens is 3. The smallest absolute Gasteiger partial charge is 0.326 e. The van der Waals surface area contributed by atoms with Gasteiger partial charge in [-0.15, -0.1) is 0 Å². The number of hydrogen-bond acceptors (Lipinski definition) is 6. The Labute approximate surface area is 162 Å². The summed E-state index contributed by atoms with van der Waals surface area (Å²) in [5.74, 6) is 0.653. The van der Waals surface area contributed by atoms with Gasteiger partial charge in [0.25, 0.3) is 0 Å². The van der Waals surface area contributed by atoms with Gasteiger partial charge >= 0.3 is 6.03 Å². The molecule has 0 aliphatic heterocycles. The fourth-order valence-electron chi connectivity index (χ4n) is 2.57. The van der Waals surface area contributed by atoms with Crippen LogP contribution in [0.15, 0.2) is 42.7 Å². The Balaban J connectivity index is 1.61. The number of carbonyl (C=O) groups excluding carboxylic acids is 2. The molecule has 2 aromatic heterocycles. The van der Waals surface area contributed by atoms with E-state index in [9.17, 15) is 9.59 Å². The maximum absolute atomic E-state index is 12.3. The molecule has 4 N–H and O–H groups in total. The third-order valence-electron chi connectivity index (χ3n) is 3.78. The van der Waals surface area contributed by atoms with Gasteiger partial charge in [0, 0.05) is 55.2 Å². The number of anilines is 3. The number of nitrogens with one attached hydrogen (secondary N) is 4. The number of benzene rings is 1. The van der Waals surface area contributed by atoms with Crippen LogP contribution in [0.1, 0.15) is 12.6 Å². The molecule has 0 saturated carbocycles. The first-order chi connectivity index (χ1) is 13.5. The third-order valence-corrected chi connectivity index (χ3v) is 3.78. The molecular weight excluding hydrogens is 358 g/mol. The van der Waals surface area contributed by atoms with Gasteiger partial charge in [-0.3, -0.25) is 15.1 Å². The largest absolute Gasteiger partial charge is 0.368 e. The van der Waals surface area contributed by atoms with Crippen molar-refractivity contribution in [2.75, 3.05) is 29.0 Å². The van der Waals surface area contributed by atoms with Crippen molar-refractivity contribution in [3.8, 4) is 0 Å². The van der Waals surface area contributed by atoms with E-state index < -0.39 is 6.03 Å². The highest BCUT2D eigenvalue weighted by atomic mass is 16.2. The zero-order chi connectivity index (χ0) is 19.9. The summed E-state index contributed by atoms with van der Waals surface area (Å²) in [6.45, 7) is 4.25. The van der Waals surface area contributed by atoms with Gasteiger partial charge in [0.05, 0.1) is 0 Å². The summed E-state index contributed by atoms with van der Waals surface area (Å²) in [7, 11) is 0. The van der Waals surface area contributed by atoms with E-state index >= 15 is 0 Å². The van der Waals surface area contributed by atoms with E-state index in [0.717, 1.165) is 10.8 Å². The Bertz CT molecular complexity index is 1010. The number of amides is 3. The lowest BCUT2D eigenvalue weighted by Crippen LogP contribution is -2.26. The van der Waals surface area contributed by atoms with E-state index in [4.69, 9.17) is 0 Å². The van der Waals surface area contributed by atoms with E-state index in [1.807, 2.05) is 18.2 Å². The molecule has 3 aromatic rings. The summed E-state index contributed by atoms with van der Waals surface area (Å²) in [6, 6.07) is 8.74. The standard InChI is InChI=1S/C19H21N7O2/c1-12-9-17(22-8-7-21-13(2)27)25-18(23-12)26-19(28)24-16-4-3-15-11-20-6-5-14(15)10-16/h3-6,9-11H,7-8H2,1-2H3,(H,21,27)(H3,22,23,24,25,26,28). The molecule has 9 nitrogen and oxygen atoms in total. The van der Waals surface area contributed by atoms with Crippen molar-refractivity contribution in [2.45, 2.75) is 13.8 Å². The first kappa shape index (κ1) is 19.0. The molecule has 0 fully saturated rings. The molecule has 1 aromatic carbocycles. The van der Waals surface area contributed by atoms with Crippen LogP contribution in [0.4, 0.5) is 22.2 Å². The van der Waals surface area contributed by atoms with Crippen LogP contribution in [0.25, 0.3) is 10.8 Å². The normalized spacial score (nSPS) is 10.4. The van der Waals surface area contributed by atoms with Crippen molar-refractivity contribution in [1.82, 2.24) is 20.3 Å². The predicted molar refractivity (Wildman–Crippen MR) is 108 cm³/mol. The molecule has 0 unspecified atom stereocenters. The van der Waals surface area contributed by atoms with Gasteiger partial charge in [0.15, 0.2) is 0 Å². The van der Waals surface area contributed by atoms with Crippen LogP contribution >= 0.6 is 0 Å². The van der Waals surface area contributed by atoms with Crippen molar-refractivity contribution in [2.24, 2.45) is 0 Å².